The van der Waals surface area contributed by atoms with Gasteiger partial charge >= 0.3 is 6.03 Å². The summed E-state index contributed by atoms with van der Waals surface area (Å²) in [6, 6.07) is 0.0986. The molecule has 0 spiro atoms. The van der Waals surface area contributed by atoms with Crippen molar-refractivity contribution in [2.45, 2.75) is 76.9 Å². The van der Waals surface area contributed by atoms with E-state index in [0.717, 1.165) is 19.3 Å². The first-order valence-electron chi connectivity index (χ1n) is 7.57. The van der Waals surface area contributed by atoms with Crippen molar-refractivity contribution in [2.75, 3.05) is 0 Å². The number of hydrogen-bond acceptors (Lipinski definition) is 2. The summed E-state index contributed by atoms with van der Waals surface area (Å²) in [5.74, 6) is 0.656. The van der Waals surface area contributed by atoms with Gasteiger partial charge in [0.15, 0.2) is 0 Å². The highest BCUT2D eigenvalue weighted by atomic mass is 16.2. The Balaban J connectivity index is 1.92. The van der Waals surface area contributed by atoms with E-state index in [0.29, 0.717) is 12.0 Å². The second-order valence-corrected chi connectivity index (χ2v) is 7.24. The van der Waals surface area contributed by atoms with Gasteiger partial charge in [-0.15, -0.1) is 0 Å². The van der Waals surface area contributed by atoms with Crippen molar-refractivity contribution in [2.24, 2.45) is 5.92 Å². The molecular weight excluding hydrogens is 240 g/mol. The monoisotopic (exact) mass is 264 g/mol. The van der Waals surface area contributed by atoms with Crippen LogP contribution < -0.4 is 0 Å². The molecule has 1 aliphatic carbocycles. The zero-order chi connectivity index (χ0) is 13.8. The quantitative estimate of drug-likeness (QED) is 0.631. The van der Waals surface area contributed by atoms with E-state index in [4.69, 9.17) is 0 Å². The van der Waals surface area contributed by atoms with Crippen LogP contribution in [0.5, 0.6) is 0 Å². The Morgan fingerprint density at radius 2 is 1.68 bits per heavy atom. The van der Waals surface area contributed by atoms with Crippen molar-refractivity contribution < 1.29 is 9.59 Å². The van der Waals surface area contributed by atoms with E-state index >= 15 is 0 Å². The smallest absolute Gasteiger partial charge is 0.309 e. The Bertz CT molecular complexity index is 413. The van der Waals surface area contributed by atoms with Gasteiger partial charge in [-0.2, -0.15) is 0 Å². The van der Waals surface area contributed by atoms with Crippen molar-refractivity contribution >= 4 is 11.9 Å². The van der Waals surface area contributed by atoms with Gasteiger partial charge in [-0.3, -0.25) is 9.69 Å². The van der Waals surface area contributed by atoms with Gasteiger partial charge in [-0.25, -0.2) is 4.79 Å². The van der Waals surface area contributed by atoms with E-state index in [9.17, 15) is 9.59 Å². The molecule has 0 aromatic heterocycles. The van der Waals surface area contributed by atoms with E-state index in [1.54, 1.807) is 0 Å². The van der Waals surface area contributed by atoms with Gasteiger partial charge in [0.25, 0.3) is 5.91 Å². The molecule has 0 aromatic rings. The highest BCUT2D eigenvalue weighted by Gasteiger charge is 2.54. The molecule has 3 amide bonds. The lowest BCUT2D eigenvalue weighted by atomic mass is 9.77. The van der Waals surface area contributed by atoms with Crippen LogP contribution in [0.3, 0.4) is 0 Å². The van der Waals surface area contributed by atoms with Crippen LogP contribution in [-0.2, 0) is 4.79 Å². The van der Waals surface area contributed by atoms with Crippen LogP contribution in [0.4, 0.5) is 4.79 Å². The number of amides is 3. The fraction of sp³-hybridized carbons (Fsp3) is 0.867. The Hall–Kier alpha value is -1.06. The van der Waals surface area contributed by atoms with Gasteiger partial charge in [-0.1, -0.05) is 12.8 Å². The third kappa shape index (κ3) is 1.87. The van der Waals surface area contributed by atoms with Crippen LogP contribution >= 0.6 is 0 Å². The molecule has 2 heterocycles. The first-order chi connectivity index (χ1) is 8.91. The number of urea groups is 1. The highest BCUT2D eigenvalue weighted by molar-refractivity contribution is 6.05. The van der Waals surface area contributed by atoms with E-state index in [1.807, 2.05) is 25.7 Å². The van der Waals surface area contributed by atoms with Crippen LogP contribution in [-0.4, -0.2) is 39.4 Å². The molecule has 0 radical (unpaired) electrons. The predicted octanol–water partition coefficient (Wildman–Crippen LogP) is 2.77. The molecule has 0 aromatic carbocycles. The predicted molar refractivity (Wildman–Crippen MR) is 72.6 cm³/mol. The molecule has 3 unspecified atom stereocenters. The number of hydrogen-bond donors (Lipinski definition) is 0. The molecule has 3 atom stereocenters. The van der Waals surface area contributed by atoms with E-state index in [-0.39, 0.29) is 18.0 Å². The number of imide groups is 1. The Labute approximate surface area is 115 Å². The average molecular weight is 264 g/mol. The van der Waals surface area contributed by atoms with E-state index in [1.165, 1.54) is 24.2 Å². The number of carbonyl (C=O) groups excluding carboxylic acids is 2. The van der Waals surface area contributed by atoms with Crippen LogP contribution in [0.1, 0.15) is 59.3 Å². The molecule has 0 bridgehead atoms. The van der Waals surface area contributed by atoms with Gasteiger partial charge < -0.3 is 4.90 Å². The SMILES string of the molecule is CC(C)(C)N1C(=O)C2CCC3CCCCC3N2C1=O. The van der Waals surface area contributed by atoms with Gasteiger partial charge in [-0.05, 0) is 52.4 Å². The maximum Gasteiger partial charge on any atom is 0.328 e. The fourth-order valence-electron chi connectivity index (χ4n) is 4.13. The topological polar surface area (TPSA) is 40.6 Å². The van der Waals surface area contributed by atoms with Gasteiger partial charge in [0, 0.05) is 11.6 Å². The summed E-state index contributed by atoms with van der Waals surface area (Å²) in [6.45, 7) is 5.83. The van der Waals surface area contributed by atoms with Crippen LogP contribution in [0, 0.1) is 5.92 Å². The van der Waals surface area contributed by atoms with Crippen LogP contribution in [0.15, 0.2) is 0 Å². The lowest BCUT2D eigenvalue weighted by Crippen LogP contribution is -2.52. The number of nitrogens with zero attached hydrogens (tertiary/aromatic N) is 2. The molecule has 0 N–H and O–H groups in total. The minimum Gasteiger partial charge on any atom is -0.309 e. The normalized spacial score (nSPS) is 35.4. The number of fused-ring (bicyclic) bond motifs is 3. The minimum atomic E-state index is -0.407. The largest absolute Gasteiger partial charge is 0.328 e. The lowest BCUT2D eigenvalue weighted by Gasteiger charge is -2.44. The molecule has 2 saturated heterocycles. The molecule has 2 aliphatic heterocycles. The molecule has 3 fully saturated rings. The van der Waals surface area contributed by atoms with Gasteiger partial charge in [0.05, 0.1) is 0 Å². The number of piperidine rings is 1. The summed E-state index contributed by atoms with van der Waals surface area (Å²) in [6.07, 6.45) is 6.76. The Kier molecular flexibility index (Phi) is 2.88. The molecular formula is C15H24N2O2. The van der Waals surface area contributed by atoms with Crippen molar-refractivity contribution in [3.63, 3.8) is 0 Å². The Morgan fingerprint density at radius 3 is 2.37 bits per heavy atom. The van der Waals surface area contributed by atoms with E-state index < -0.39 is 5.54 Å². The van der Waals surface area contributed by atoms with Crippen molar-refractivity contribution in [1.82, 2.24) is 9.80 Å². The second kappa shape index (κ2) is 4.22. The van der Waals surface area contributed by atoms with Gasteiger partial charge in [0.1, 0.15) is 6.04 Å². The van der Waals surface area contributed by atoms with E-state index in [2.05, 4.69) is 0 Å². The maximum absolute atomic E-state index is 12.7. The standard InChI is InChI=1S/C15H24N2O2/c1-15(2,3)17-13(18)12-9-8-10-6-4-5-7-11(10)16(12)14(17)19/h10-12H,4-9H2,1-3H3. The molecule has 3 rings (SSSR count). The number of rotatable bonds is 0. The summed E-state index contributed by atoms with van der Waals surface area (Å²) in [4.78, 5) is 28.6. The first-order valence-corrected chi connectivity index (χ1v) is 7.57. The summed E-state index contributed by atoms with van der Waals surface area (Å²) in [5, 5.41) is 0. The molecule has 19 heavy (non-hydrogen) atoms. The molecule has 3 aliphatic rings. The molecule has 106 valence electrons. The maximum atomic E-state index is 12.7. The first kappa shape index (κ1) is 12.9. The van der Waals surface area contributed by atoms with Crippen LogP contribution in [0.2, 0.25) is 0 Å². The van der Waals surface area contributed by atoms with Crippen molar-refractivity contribution in [1.29, 1.82) is 0 Å². The zero-order valence-electron chi connectivity index (χ0n) is 12.2. The minimum absolute atomic E-state index is 0.0292. The van der Waals surface area contributed by atoms with Crippen LogP contribution in [0.25, 0.3) is 0 Å². The summed E-state index contributed by atoms with van der Waals surface area (Å²) < 4.78 is 0. The number of carbonyl (C=O) groups is 2. The zero-order valence-corrected chi connectivity index (χ0v) is 12.2. The third-order valence-corrected chi connectivity index (χ3v) is 4.96. The average Bonchev–Trinajstić information content (AvgIpc) is 2.61. The van der Waals surface area contributed by atoms with Crippen molar-refractivity contribution in [3.8, 4) is 0 Å². The lowest BCUT2D eigenvalue weighted by molar-refractivity contribution is -0.132. The highest BCUT2D eigenvalue weighted by Crippen LogP contribution is 2.42. The fourth-order valence-corrected chi connectivity index (χ4v) is 4.13. The Morgan fingerprint density at radius 1 is 1.00 bits per heavy atom. The van der Waals surface area contributed by atoms with Gasteiger partial charge in [0.2, 0.25) is 0 Å². The summed E-state index contributed by atoms with van der Waals surface area (Å²) in [5.41, 5.74) is -0.407. The molecule has 1 saturated carbocycles. The third-order valence-electron chi connectivity index (χ3n) is 4.96. The molecule has 4 heteroatoms. The van der Waals surface area contributed by atoms with Crippen molar-refractivity contribution in [3.05, 3.63) is 0 Å². The second-order valence-electron chi connectivity index (χ2n) is 7.24. The summed E-state index contributed by atoms with van der Waals surface area (Å²) in [7, 11) is 0. The molecule has 4 nitrogen and oxygen atoms in total. The summed E-state index contributed by atoms with van der Waals surface area (Å²) >= 11 is 0.